The summed E-state index contributed by atoms with van der Waals surface area (Å²) in [5, 5.41) is 2.96. The minimum atomic E-state index is -0.459. The molecule has 6 nitrogen and oxygen atoms in total. The van der Waals surface area contributed by atoms with E-state index in [1.54, 1.807) is 4.90 Å². The summed E-state index contributed by atoms with van der Waals surface area (Å²) in [5.41, 5.74) is 2.17. The molecule has 1 N–H and O–H groups in total. The molecular formula is C25H32N2O4. The van der Waals surface area contributed by atoms with E-state index in [0.29, 0.717) is 38.8 Å². The Bertz CT molecular complexity index is 869. The van der Waals surface area contributed by atoms with E-state index < -0.39 is 6.04 Å². The van der Waals surface area contributed by atoms with Crippen LogP contribution in [0.15, 0.2) is 48.5 Å². The van der Waals surface area contributed by atoms with Crippen molar-refractivity contribution in [3.8, 4) is 11.5 Å². The van der Waals surface area contributed by atoms with E-state index in [1.807, 2.05) is 62.4 Å². The molecule has 0 radical (unpaired) electrons. The van der Waals surface area contributed by atoms with E-state index in [9.17, 15) is 9.59 Å². The lowest BCUT2D eigenvalue weighted by molar-refractivity contribution is -0.140. The number of nitrogens with zero attached hydrogens (tertiary/aromatic N) is 1. The topological polar surface area (TPSA) is 67.9 Å². The Morgan fingerprint density at radius 1 is 1.00 bits per heavy atom. The molecule has 3 rings (SSSR count). The standard InChI is InChI=1S/C25H32N2O4/c1-3-15-26-25(29)21(4-2)27(16-14-19-8-6-5-7-9-19)24(28)13-11-20-10-12-22-23(17-20)31-18-30-22/h5-10,12,17,21H,3-4,11,13-16,18H2,1-2H3,(H,26,29)/t21-/m1/s1. The number of rotatable bonds is 11. The summed E-state index contributed by atoms with van der Waals surface area (Å²) in [5.74, 6) is 1.37. The number of carbonyl (C=O) groups is 2. The highest BCUT2D eigenvalue weighted by Crippen LogP contribution is 2.32. The van der Waals surface area contributed by atoms with Crippen LogP contribution in [0.2, 0.25) is 0 Å². The van der Waals surface area contributed by atoms with Crippen LogP contribution in [0.4, 0.5) is 0 Å². The van der Waals surface area contributed by atoms with Crippen molar-refractivity contribution < 1.29 is 19.1 Å². The number of aryl methyl sites for hydroxylation is 1. The van der Waals surface area contributed by atoms with E-state index in [-0.39, 0.29) is 18.6 Å². The normalized spacial score (nSPS) is 13.0. The average molecular weight is 425 g/mol. The third kappa shape index (κ3) is 6.23. The minimum Gasteiger partial charge on any atom is -0.454 e. The van der Waals surface area contributed by atoms with Crippen LogP contribution >= 0.6 is 0 Å². The van der Waals surface area contributed by atoms with Gasteiger partial charge in [0.2, 0.25) is 18.6 Å². The summed E-state index contributed by atoms with van der Waals surface area (Å²) in [6.45, 7) is 5.34. The Kier molecular flexibility index (Phi) is 8.33. The molecule has 0 spiro atoms. The number of benzene rings is 2. The van der Waals surface area contributed by atoms with Crippen LogP contribution in [0.25, 0.3) is 0 Å². The Morgan fingerprint density at radius 3 is 2.52 bits per heavy atom. The van der Waals surface area contributed by atoms with E-state index in [1.165, 1.54) is 0 Å². The molecule has 31 heavy (non-hydrogen) atoms. The molecule has 0 unspecified atom stereocenters. The molecule has 0 fully saturated rings. The minimum absolute atomic E-state index is 0.00732. The molecule has 0 saturated heterocycles. The highest BCUT2D eigenvalue weighted by Gasteiger charge is 2.28. The van der Waals surface area contributed by atoms with Crippen molar-refractivity contribution in [2.24, 2.45) is 0 Å². The van der Waals surface area contributed by atoms with Crippen LogP contribution in [0.3, 0.4) is 0 Å². The van der Waals surface area contributed by atoms with Gasteiger partial charge in [-0.15, -0.1) is 0 Å². The molecule has 2 amide bonds. The molecule has 6 heteroatoms. The van der Waals surface area contributed by atoms with Gasteiger partial charge in [-0.25, -0.2) is 0 Å². The predicted octanol–water partition coefficient (Wildman–Crippen LogP) is 3.72. The first-order chi connectivity index (χ1) is 15.1. The summed E-state index contributed by atoms with van der Waals surface area (Å²) in [4.78, 5) is 27.8. The largest absolute Gasteiger partial charge is 0.454 e. The molecule has 0 aromatic heterocycles. The summed E-state index contributed by atoms with van der Waals surface area (Å²) < 4.78 is 10.8. The smallest absolute Gasteiger partial charge is 0.242 e. The zero-order valence-corrected chi connectivity index (χ0v) is 18.4. The second-order valence-corrected chi connectivity index (χ2v) is 7.73. The number of hydrogen-bond acceptors (Lipinski definition) is 4. The van der Waals surface area contributed by atoms with Gasteiger partial charge in [-0.3, -0.25) is 9.59 Å². The van der Waals surface area contributed by atoms with Gasteiger partial charge in [0, 0.05) is 19.5 Å². The van der Waals surface area contributed by atoms with E-state index in [0.717, 1.165) is 29.0 Å². The van der Waals surface area contributed by atoms with Crippen molar-refractivity contribution >= 4 is 11.8 Å². The van der Waals surface area contributed by atoms with Crippen molar-refractivity contribution in [1.29, 1.82) is 0 Å². The number of fused-ring (bicyclic) bond motifs is 1. The summed E-state index contributed by atoms with van der Waals surface area (Å²) in [6, 6.07) is 15.4. The number of hydrogen-bond donors (Lipinski definition) is 1. The number of carbonyl (C=O) groups excluding carboxylic acids is 2. The Hall–Kier alpha value is -3.02. The van der Waals surface area contributed by atoms with Crippen LogP contribution in [0, 0.1) is 0 Å². The molecule has 2 aromatic carbocycles. The van der Waals surface area contributed by atoms with Gasteiger partial charge in [-0.05, 0) is 48.9 Å². The van der Waals surface area contributed by atoms with Gasteiger partial charge >= 0.3 is 0 Å². The quantitative estimate of drug-likeness (QED) is 0.597. The Labute approximate surface area is 184 Å². The number of nitrogens with one attached hydrogen (secondary N) is 1. The second kappa shape index (κ2) is 11.4. The molecule has 1 heterocycles. The molecule has 0 bridgehead atoms. The van der Waals surface area contributed by atoms with Gasteiger partial charge in [-0.1, -0.05) is 50.2 Å². The van der Waals surface area contributed by atoms with E-state index >= 15 is 0 Å². The Balaban J connectivity index is 1.68. The average Bonchev–Trinajstić information content (AvgIpc) is 3.27. The molecule has 1 aliphatic rings. The SMILES string of the molecule is CCCNC(=O)[C@@H](CC)N(CCc1ccccc1)C(=O)CCc1ccc2c(c1)OCO2. The molecule has 0 aliphatic carbocycles. The summed E-state index contributed by atoms with van der Waals surface area (Å²) >= 11 is 0. The zero-order chi connectivity index (χ0) is 22.1. The fourth-order valence-electron chi connectivity index (χ4n) is 3.75. The molecule has 166 valence electrons. The third-order valence-corrected chi connectivity index (χ3v) is 5.48. The van der Waals surface area contributed by atoms with Gasteiger partial charge in [0.25, 0.3) is 0 Å². The van der Waals surface area contributed by atoms with Crippen molar-refractivity contribution in [2.75, 3.05) is 19.9 Å². The van der Waals surface area contributed by atoms with E-state index in [2.05, 4.69) is 5.32 Å². The van der Waals surface area contributed by atoms with Crippen molar-refractivity contribution in [3.63, 3.8) is 0 Å². The molecule has 0 saturated carbocycles. The maximum Gasteiger partial charge on any atom is 0.242 e. The molecule has 1 aliphatic heterocycles. The van der Waals surface area contributed by atoms with Gasteiger partial charge in [-0.2, -0.15) is 0 Å². The Morgan fingerprint density at radius 2 is 1.77 bits per heavy atom. The first-order valence-electron chi connectivity index (χ1n) is 11.1. The maximum atomic E-state index is 13.2. The van der Waals surface area contributed by atoms with Gasteiger partial charge in [0.05, 0.1) is 0 Å². The summed E-state index contributed by atoms with van der Waals surface area (Å²) in [6.07, 6.45) is 3.09. The van der Waals surface area contributed by atoms with Crippen molar-refractivity contribution in [3.05, 3.63) is 59.7 Å². The van der Waals surface area contributed by atoms with Gasteiger partial charge < -0.3 is 19.7 Å². The van der Waals surface area contributed by atoms with Crippen molar-refractivity contribution in [2.45, 2.75) is 52.0 Å². The maximum absolute atomic E-state index is 13.2. The number of ether oxygens (including phenoxy) is 2. The molecule has 2 aromatic rings. The fraction of sp³-hybridized carbons (Fsp3) is 0.440. The van der Waals surface area contributed by atoms with E-state index in [4.69, 9.17) is 9.47 Å². The molecular weight excluding hydrogens is 392 g/mol. The predicted molar refractivity (Wildman–Crippen MR) is 120 cm³/mol. The van der Waals surface area contributed by atoms with Gasteiger partial charge in [0.1, 0.15) is 6.04 Å². The lowest BCUT2D eigenvalue weighted by atomic mass is 10.1. The first-order valence-corrected chi connectivity index (χ1v) is 11.1. The highest BCUT2D eigenvalue weighted by atomic mass is 16.7. The molecule has 1 atom stereocenters. The fourth-order valence-corrected chi connectivity index (χ4v) is 3.75. The third-order valence-electron chi connectivity index (χ3n) is 5.48. The van der Waals surface area contributed by atoms with Crippen LogP contribution in [0.5, 0.6) is 11.5 Å². The van der Waals surface area contributed by atoms with Crippen LogP contribution < -0.4 is 14.8 Å². The first kappa shape index (κ1) is 22.7. The number of amides is 2. The highest BCUT2D eigenvalue weighted by molar-refractivity contribution is 5.87. The summed E-state index contributed by atoms with van der Waals surface area (Å²) in [7, 11) is 0. The monoisotopic (exact) mass is 424 g/mol. The zero-order valence-electron chi connectivity index (χ0n) is 18.4. The van der Waals surface area contributed by atoms with Crippen LogP contribution in [-0.4, -0.2) is 42.6 Å². The lowest BCUT2D eigenvalue weighted by Gasteiger charge is -2.30. The second-order valence-electron chi connectivity index (χ2n) is 7.73. The van der Waals surface area contributed by atoms with Crippen molar-refractivity contribution in [1.82, 2.24) is 10.2 Å². The van der Waals surface area contributed by atoms with Crippen LogP contribution in [0.1, 0.15) is 44.2 Å². The van der Waals surface area contributed by atoms with Gasteiger partial charge in [0.15, 0.2) is 11.5 Å². The van der Waals surface area contributed by atoms with Crippen LogP contribution in [-0.2, 0) is 22.4 Å². The lowest BCUT2D eigenvalue weighted by Crippen LogP contribution is -2.50.